The van der Waals surface area contributed by atoms with Gasteiger partial charge in [0, 0.05) is 51.9 Å². The molecule has 11 nitrogen and oxygen atoms in total. The minimum absolute atomic E-state index is 0.240. The normalized spacial score (nSPS) is 14.7. The lowest BCUT2D eigenvalue weighted by Gasteiger charge is -2.34. The Kier molecular flexibility index (Phi) is 7.28. The van der Waals surface area contributed by atoms with Crippen molar-refractivity contribution in [2.75, 3.05) is 44.7 Å². The van der Waals surface area contributed by atoms with Gasteiger partial charge in [0.1, 0.15) is 13.3 Å². The zero-order valence-corrected chi connectivity index (χ0v) is 17.4. The molecule has 0 radical (unpaired) electrons. The van der Waals surface area contributed by atoms with Crippen molar-refractivity contribution in [3.05, 3.63) is 50.1 Å². The van der Waals surface area contributed by atoms with Crippen LogP contribution in [0.2, 0.25) is 0 Å². The standard InChI is InChI=1S/C19H28N7O4/c1-22-18(27)15-20-25(19(22)28)10-5-3-4-9-23-11-13-24(14-12-23)16-7-6-8-17(21-16)26(29)30-2/h6-8,15H,3-5,9-14H2,1-2H3/q+1. The summed E-state index contributed by atoms with van der Waals surface area (Å²) in [5.74, 6) is 1.02. The molecule has 0 atom stereocenters. The maximum atomic E-state index is 11.9. The van der Waals surface area contributed by atoms with Gasteiger partial charge in [-0.15, -0.1) is 0 Å². The summed E-state index contributed by atoms with van der Waals surface area (Å²) >= 11 is 0. The Balaban J connectivity index is 1.38. The van der Waals surface area contributed by atoms with Crippen LogP contribution >= 0.6 is 0 Å². The van der Waals surface area contributed by atoms with Gasteiger partial charge in [-0.2, -0.15) is 5.10 Å². The highest BCUT2D eigenvalue weighted by atomic mass is 16.8. The summed E-state index contributed by atoms with van der Waals surface area (Å²) in [6, 6.07) is 5.33. The highest BCUT2D eigenvalue weighted by molar-refractivity contribution is 5.42. The smallest absolute Gasteiger partial charge is 0.333 e. The highest BCUT2D eigenvalue weighted by Gasteiger charge is 2.23. The summed E-state index contributed by atoms with van der Waals surface area (Å²) in [7, 11) is 2.78. The molecule has 0 saturated carbocycles. The summed E-state index contributed by atoms with van der Waals surface area (Å²) in [5.41, 5.74) is -0.761. The summed E-state index contributed by atoms with van der Waals surface area (Å²) < 4.78 is 2.41. The SMILES string of the molecule is CO[N+](=O)c1cccc(N2CCN(CCCCCn3ncc(=O)n(C)c3=O)CC2)n1. The van der Waals surface area contributed by atoms with Crippen LogP contribution in [0.4, 0.5) is 11.6 Å². The molecule has 0 aromatic carbocycles. The zero-order valence-electron chi connectivity index (χ0n) is 17.4. The molecule has 1 aliphatic heterocycles. The van der Waals surface area contributed by atoms with Crippen molar-refractivity contribution in [2.45, 2.75) is 25.8 Å². The van der Waals surface area contributed by atoms with Crippen molar-refractivity contribution in [1.29, 1.82) is 0 Å². The molecule has 2 aromatic rings. The lowest BCUT2D eigenvalue weighted by atomic mass is 10.2. The van der Waals surface area contributed by atoms with Gasteiger partial charge >= 0.3 is 11.5 Å². The molecule has 1 aliphatic rings. The van der Waals surface area contributed by atoms with E-state index in [9.17, 15) is 14.5 Å². The summed E-state index contributed by atoms with van der Waals surface area (Å²) in [6.45, 7) is 5.06. The van der Waals surface area contributed by atoms with Crippen LogP contribution in [0.3, 0.4) is 0 Å². The number of nitrogens with zero attached hydrogens (tertiary/aromatic N) is 7. The van der Waals surface area contributed by atoms with E-state index >= 15 is 0 Å². The third-order valence-corrected chi connectivity index (χ3v) is 5.26. The van der Waals surface area contributed by atoms with Crippen molar-refractivity contribution < 1.29 is 9.76 Å². The summed E-state index contributed by atoms with van der Waals surface area (Å²) in [4.78, 5) is 48.9. The fourth-order valence-electron chi connectivity index (χ4n) is 3.43. The third kappa shape index (κ3) is 5.29. The van der Waals surface area contributed by atoms with Gasteiger partial charge in [0.2, 0.25) is 5.82 Å². The molecule has 3 rings (SSSR count). The number of pyridine rings is 1. The van der Waals surface area contributed by atoms with Gasteiger partial charge in [0.25, 0.3) is 5.56 Å². The van der Waals surface area contributed by atoms with Gasteiger partial charge in [0.15, 0.2) is 4.92 Å². The zero-order chi connectivity index (χ0) is 21.5. The Bertz CT molecular complexity index is 979. The lowest BCUT2D eigenvalue weighted by molar-refractivity contribution is -0.739. The molecule has 3 heterocycles. The molecule has 0 spiro atoms. The van der Waals surface area contributed by atoms with E-state index in [0.717, 1.165) is 62.4 Å². The van der Waals surface area contributed by atoms with Gasteiger partial charge in [-0.1, -0.05) is 6.42 Å². The van der Waals surface area contributed by atoms with Gasteiger partial charge < -0.3 is 9.74 Å². The molecule has 0 bridgehead atoms. The van der Waals surface area contributed by atoms with Crippen LogP contribution in [0, 0.1) is 4.91 Å². The van der Waals surface area contributed by atoms with Gasteiger partial charge in [-0.3, -0.25) is 14.3 Å². The second kappa shape index (κ2) is 10.1. The van der Waals surface area contributed by atoms with Crippen LogP contribution in [-0.2, 0) is 18.4 Å². The quantitative estimate of drug-likeness (QED) is 0.423. The molecule has 30 heavy (non-hydrogen) atoms. The number of rotatable bonds is 9. The predicted octanol–water partition coefficient (Wildman–Crippen LogP) is 0.301. The predicted molar refractivity (Wildman–Crippen MR) is 111 cm³/mol. The van der Waals surface area contributed by atoms with E-state index in [0.29, 0.717) is 11.5 Å². The molecular weight excluding hydrogens is 390 g/mol. The molecule has 2 aromatic heterocycles. The molecule has 0 N–H and O–H groups in total. The van der Waals surface area contributed by atoms with Crippen LogP contribution in [0.15, 0.2) is 34.0 Å². The first-order chi connectivity index (χ1) is 14.5. The Morgan fingerprint density at radius 2 is 1.80 bits per heavy atom. The van der Waals surface area contributed by atoms with Gasteiger partial charge in [0.05, 0.1) is 0 Å². The Morgan fingerprint density at radius 3 is 2.53 bits per heavy atom. The molecule has 0 aliphatic carbocycles. The maximum Gasteiger partial charge on any atom is 0.410 e. The van der Waals surface area contributed by atoms with Crippen molar-refractivity contribution in [3.8, 4) is 0 Å². The number of unbranched alkanes of at least 4 members (excludes halogenated alkanes) is 2. The number of anilines is 1. The van der Waals surface area contributed by atoms with Crippen molar-refractivity contribution >= 4 is 11.6 Å². The van der Waals surface area contributed by atoms with Gasteiger partial charge in [-0.05, 0) is 35.3 Å². The summed E-state index contributed by atoms with van der Waals surface area (Å²) in [5, 5.41) is 3.90. The van der Waals surface area contributed by atoms with Gasteiger partial charge in [-0.25, -0.2) is 9.48 Å². The van der Waals surface area contributed by atoms with E-state index in [-0.39, 0.29) is 17.1 Å². The van der Waals surface area contributed by atoms with Crippen LogP contribution in [0.5, 0.6) is 0 Å². The minimum Gasteiger partial charge on any atom is -0.333 e. The molecule has 0 amide bonds. The van der Waals surface area contributed by atoms with Crippen molar-refractivity contribution in [1.82, 2.24) is 24.2 Å². The average Bonchev–Trinajstić information content (AvgIpc) is 2.78. The fraction of sp³-hybridized carbons (Fsp3) is 0.579. The van der Waals surface area contributed by atoms with E-state index in [1.54, 1.807) is 12.1 Å². The Labute approximate surface area is 174 Å². The molecular formula is C19H28N7O4+. The van der Waals surface area contributed by atoms with Crippen LogP contribution in [-0.4, -0.2) is 69.0 Å². The first kappa shape index (κ1) is 21.6. The van der Waals surface area contributed by atoms with E-state index in [1.807, 2.05) is 6.07 Å². The first-order valence-corrected chi connectivity index (χ1v) is 10.1. The second-order valence-electron chi connectivity index (χ2n) is 7.23. The Morgan fingerprint density at radius 1 is 1.07 bits per heavy atom. The maximum absolute atomic E-state index is 11.9. The molecule has 1 saturated heterocycles. The molecule has 162 valence electrons. The monoisotopic (exact) mass is 418 g/mol. The molecule has 0 unspecified atom stereocenters. The van der Waals surface area contributed by atoms with Crippen molar-refractivity contribution in [2.24, 2.45) is 7.05 Å². The largest absolute Gasteiger partial charge is 0.410 e. The number of aryl methyl sites for hydroxylation is 1. The first-order valence-electron chi connectivity index (χ1n) is 10.1. The highest BCUT2D eigenvalue weighted by Crippen LogP contribution is 2.18. The van der Waals surface area contributed by atoms with Crippen LogP contribution in [0.1, 0.15) is 19.3 Å². The van der Waals surface area contributed by atoms with Crippen LogP contribution in [0.25, 0.3) is 0 Å². The van der Waals surface area contributed by atoms with Crippen LogP contribution < -0.4 is 16.1 Å². The lowest BCUT2D eigenvalue weighted by Crippen LogP contribution is -2.46. The third-order valence-electron chi connectivity index (χ3n) is 5.26. The molecule has 11 heteroatoms. The number of hydrogen-bond donors (Lipinski definition) is 0. The van der Waals surface area contributed by atoms with E-state index in [2.05, 4.69) is 24.7 Å². The number of hydrogen-bond acceptors (Lipinski definition) is 8. The fourth-order valence-corrected chi connectivity index (χ4v) is 3.43. The van der Waals surface area contributed by atoms with Crippen molar-refractivity contribution in [3.63, 3.8) is 0 Å². The Hall–Kier alpha value is -3.08. The van der Waals surface area contributed by atoms with E-state index < -0.39 is 0 Å². The number of piperazine rings is 1. The van der Waals surface area contributed by atoms with E-state index in [1.165, 1.54) is 25.0 Å². The number of aromatic nitrogens is 4. The van der Waals surface area contributed by atoms with E-state index in [4.69, 9.17) is 0 Å². The molecule has 1 fully saturated rings. The second-order valence-corrected chi connectivity index (χ2v) is 7.23. The minimum atomic E-state index is -0.388. The average molecular weight is 418 g/mol. The summed E-state index contributed by atoms with van der Waals surface area (Å²) in [6.07, 6.45) is 4.03. The topological polar surface area (TPSA) is 106 Å².